The predicted molar refractivity (Wildman–Crippen MR) is 110 cm³/mol. The third-order valence-electron chi connectivity index (χ3n) is 5.07. The Morgan fingerprint density at radius 1 is 1.10 bits per heavy atom. The zero-order valence-corrected chi connectivity index (χ0v) is 16.6. The van der Waals surface area contributed by atoms with Crippen molar-refractivity contribution < 1.29 is 9.53 Å². The van der Waals surface area contributed by atoms with Crippen molar-refractivity contribution >= 4 is 34.4 Å². The van der Waals surface area contributed by atoms with Gasteiger partial charge in [-0.1, -0.05) is 53.7 Å². The minimum absolute atomic E-state index is 0.113. The zero-order valence-electron chi connectivity index (χ0n) is 15.7. The van der Waals surface area contributed by atoms with Crippen LogP contribution < -0.4 is 5.56 Å². The van der Waals surface area contributed by atoms with Crippen molar-refractivity contribution in [3.05, 3.63) is 70.0 Å². The quantitative estimate of drug-likeness (QED) is 0.485. The molecule has 29 heavy (non-hydrogen) atoms. The highest BCUT2D eigenvalue weighted by Crippen LogP contribution is 2.30. The molecule has 1 saturated heterocycles. The highest BCUT2D eigenvalue weighted by molar-refractivity contribution is 8.00. The van der Waals surface area contributed by atoms with Gasteiger partial charge in [-0.2, -0.15) is 0 Å². The van der Waals surface area contributed by atoms with E-state index in [0.717, 1.165) is 16.6 Å². The van der Waals surface area contributed by atoms with Gasteiger partial charge in [0.2, 0.25) is 5.78 Å². The monoisotopic (exact) mass is 406 g/mol. The van der Waals surface area contributed by atoms with Gasteiger partial charge in [0.15, 0.2) is 5.16 Å². The average molecular weight is 406 g/mol. The van der Waals surface area contributed by atoms with Crippen molar-refractivity contribution in [2.24, 2.45) is 0 Å². The summed E-state index contributed by atoms with van der Waals surface area (Å²) < 4.78 is 8.57. The van der Waals surface area contributed by atoms with E-state index in [9.17, 15) is 9.59 Å². The van der Waals surface area contributed by atoms with Crippen molar-refractivity contribution in [2.45, 2.75) is 30.3 Å². The predicted octanol–water partition coefficient (Wildman–Crippen LogP) is 2.81. The van der Waals surface area contributed by atoms with Crippen LogP contribution in [-0.4, -0.2) is 37.0 Å². The number of aryl methyl sites for hydroxylation is 1. The first-order chi connectivity index (χ1) is 14.1. The average Bonchev–Trinajstić information content (AvgIpc) is 3.33. The topological polar surface area (TPSA) is 78.5 Å². The first-order valence-corrected chi connectivity index (χ1v) is 10.3. The van der Waals surface area contributed by atoms with Gasteiger partial charge in [-0.3, -0.25) is 18.6 Å². The molecule has 0 saturated carbocycles. The SMILES string of the molecule is Cc1ccc(Cn2c(=O)c3ccccc3n3c(S[C@@H]4CCOC4=O)nnc23)cc1. The number of hydrogen-bond acceptors (Lipinski definition) is 6. The van der Waals surface area contributed by atoms with Gasteiger partial charge in [0, 0.05) is 6.42 Å². The van der Waals surface area contributed by atoms with Crippen LogP contribution in [0, 0.1) is 6.92 Å². The lowest BCUT2D eigenvalue weighted by Crippen LogP contribution is -2.24. The maximum atomic E-state index is 13.2. The molecule has 1 aliphatic heterocycles. The normalized spacial score (nSPS) is 16.6. The lowest BCUT2D eigenvalue weighted by molar-refractivity contribution is -0.137. The second kappa shape index (κ2) is 7.04. The fourth-order valence-corrected chi connectivity index (χ4v) is 4.55. The van der Waals surface area contributed by atoms with E-state index < -0.39 is 0 Å². The van der Waals surface area contributed by atoms with Gasteiger partial charge >= 0.3 is 5.97 Å². The molecule has 2 aromatic carbocycles. The summed E-state index contributed by atoms with van der Waals surface area (Å²) in [7, 11) is 0. The number of fused-ring (bicyclic) bond motifs is 3. The first-order valence-electron chi connectivity index (χ1n) is 9.37. The number of nitrogens with zero attached hydrogens (tertiary/aromatic N) is 4. The number of esters is 1. The number of carbonyl (C=O) groups is 1. The molecule has 0 unspecified atom stereocenters. The Bertz CT molecular complexity index is 1290. The highest BCUT2D eigenvalue weighted by atomic mass is 32.2. The van der Waals surface area contributed by atoms with Crippen LogP contribution in [0.2, 0.25) is 0 Å². The Morgan fingerprint density at radius 2 is 1.90 bits per heavy atom. The molecule has 0 radical (unpaired) electrons. The standard InChI is InChI=1S/C21H18N4O3S/c1-13-6-8-14(9-7-13)12-24-18(26)15-4-2-3-5-16(15)25-20(24)22-23-21(25)29-17-10-11-28-19(17)27/h2-9,17H,10-12H2,1H3/t17-/m1/s1. The molecule has 146 valence electrons. The van der Waals surface area contributed by atoms with E-state index in [-0.39, 0.29) is 16.8 Å². The Labute approximate surface area is 170 Å². The second-order valence-corrected chi connectivity index (χ2v) is 8.24. The number of rotatable bonds is 4. The van der Waals surface area contributed by atoms with Crippen LogP contribution in [0.5, 0.6) is 0 Å². The molecule has 7 nitrogen and oxygen atoms in total. The Kier molecular flexibility index (Phi) is 4.35. The lowest BCUT2D eigenvalue weighted by Gasteiger charge is -2.12. The van der Waals surface area contributed by atoms with Gasteiger partial charge in [-0.15, -0.1) is 10.2 Å². The first kappa shape index (κ1) is 17.9. The van der Waals surface area contributed by atoms with Crippen molar-refractivity contribution in [1.29, 1.82) is 0 Å². The number of ether oxygens (including phenoxy) is 1. The molecular weight excluding hydrogens is 388 g/mol. The Balaban J connectivity index is 1.70. The molecule has 0 amide bonds. The largest absolute Gasteiger partial charge is 0.465 e. The fraction of sp³-hybridized carbons (Fsp3) is 0.238. The number of carbonyl (C=O) groups excluding carboxylic acids is 1. The minimum atomic E-state index is -0.307. The van der Waals surface area contributed by atoms with Crippen LogP contribution in [0.25, 0.3) is 16.7 Å². The van der Waals surface area contributed by atoms with Crippen LogP contribution in [0.4, 0.5) is 0 Å². The second-order valence-electron chi connectivity index (χ2n) is 7.07. The number of para-hydroxylation sites is 1. The fourth-order valence-electron chi connectivity index (χ4n) is 3.54. The number of benzene rings is 2. The van der Waals surface area contributed by atoms with Gasteiger partial charge in [0.05, 0.1) is 24.1 Å². The maximum Gasteiger partial charge on any atom is 0.319 e. The van der Waals surface area contributed by atoms with Crippen molar-refractivity contribution in [3.63, 3.8) is 0 Å². The highest BCUT2D eigenvalue weighted by Gasteiger charge is 2.30. The smallest absolute Gasteiger partial charge is 0.319 e. The molecule has 0 spiro atoms. The third kappa shape index (κ3) is 3.09. The molecule has 1 aliphatic rings. The van der Waals surface area contributed by atoms with E-state index in [2.05, 4.69) is 10.2 Å². The van der Waals surface area contributed by atoms with Gasteiger partial charge < -0.3 is 4.74 Å². The third-order valence-corrected chi connectivity index (χ3v) is 6.26. The molecule has 0 bridgehead atoms. The molecule has 5 rings (SSSR count). The van der Waals surface area contributed by atoms with Gasteiger partial charge in [0.25, 0.3) is 5.56 Å². The minimum Gasteiger partial charge on any atom is -0.465 e. The van der Waals surface area contributed by atoms with Crippen LogP contribution in [-0.2, 0) is 16.1 Å². The Morgan fingerprint density at radius 3 is 2.66 bits per heavy atom. The van der Waals surface area contributed by atoms with E-state index >= 15 is 0 Å². The Hall–Kier alpha value is -3.13. The number of thioether (sulfide) groups is 1. The van der Waals surface area contributed by atoms with Crippen LogP contribution >= 0.6 is 11.8 Å². The van der Waals surface area contributed by atoms with E-state index in [1.807, 2.05) is 53.8 Å². The number of cyclic esters (lactones) is 1. The van der Waals surface area contributed by atoms with E-state index in [0.29, 0.717) is 35.9 Å². The number of hydrogen-bond donors (Lipinski definition) is 0. The maximum absolute atomic E-state index is 13.2. The summed E-state index contributed by atoms with van der Waals surface area (Å²) in [6, 6.07) is 15.5. The van der Waals surface area contributed by atoms with Gasteiger partial charge in [-0.25, -0.2) is 0 Å². The molecule has 0 aliphatic carbocycles. The molecule has 8 heteroatoms. The van der Waals surface area contributed by atoms with Crippen molar-refractivity contribution in [3.8, 4) is 0 Å². The van der Waals surface area contributed by atoms with Crippen molar-refractivity contribution in [1.82, 2.24) is 19.2 Å². The van der Waals surface area contributed by atoms with Crippen LogP contribution in [0.1, 0.15) is 17.5 Å². The summed E-state index contributed by atoms with van der Waals surface area (Å²) in [6.45, 7) is 2.84. The molecule has 0 N–H and O–H groups in total. The van der Waals surface area contributed by atoms with Crippen molar-refractivity contribution in [2.75, 3.05) is 6.61 Å². The molecule has 2 aromatic heterocycles. The van der Waals surface area contributed by atoms with Gasteiger partial charge in [0.1, 0.15) is 5.25 Å². The molecular formula is C21H18N4O3S. The summed E-state index contributed by atoms with van der Waals surface area (Å²) in [5.74, 6) is 0.229. The summed E-state index contributed by atoms with van der Waals surface area (Å²) in [6.07, 6.45) is 0.638. The molecule has 4 aromatic rings. The zero-order chi connectivity index (χ0) is 20.0. The van der Waals surface area contributed by atoms with Gasteiger partial charge in [-0.05, 0) is 24.6 Å². The summed E-state index contributed by atoms with van der Waals surface area (Å²) in [5, 5.41) is 9.48. The molecule has 3 heterocycles. The van der Waals surface area contributed by atoms with Crippen LogP contribution in [0.15, 0.2) is 58.5 Å². The van der Waals surface area contributed by atoms with E-state index in [1.54, 1.807) is 10.6 Å². The van der Waals surface area contributed by atoms with E-state index in [4.69, 9.17) is 4.74 Å². The van der Waals surface area contributed by atoms with Crippen LogP contribution in [0.3, 0.4) is 0 Å². The summed E-state index contributed by atoms with van der Waals surface area (Å²) in [5.41, 5.74) is 2.78. The molecule has 1 atom stereocenters. The molecule has 1 fully saturated rings. The lowest BCUT2D eigenvalue weighted by atomic mass is 10.1. The van der Waals surface area contributed by atoms with E-state index in [1.165, 1.54) is 11.8 Å². The summed E-state index contributed by atoms with van der Waals surface area (Å²) in [4.78, 5) is 25.2. The summed E-state index contributed by atoms with van der Waals surface area (Å²) >= 11 is 1.33. The number of aromatic nitrogens is 4.